The van der Waals surface area contributed by atoms with Crippen LogP contribution < -0.4 is 11.1 Å². The topological polar surface area (TPSA) is 64.1 Å². The van der Waals surface area contributed by atoms with E-state index in [1.807, 2.05) is 0 Å². The highest BCUT2D eigenvalue weighted by Crippen LogP contribution is 2.21. The van der Waals surface area contributed by atoms with Crippen molar-refractivity contribution in [3.05, 3.63) is 53.6 Å². The van der Waals surface area contributed by atoms with E-state index in [0.29, 0.717) is 41.3 Å². The molecule has 0 unspecified atom stereocenters. The monoisotopic (exact) mass is 289 g/mol. The van der Waals surface area contributed by atoms with Gasteiger partial charge in [-0.2, -0.15) is 4.98 Å². The molecule has 0 amide bonds. The van der Waals surface area contributed by atoms with Gasteiger partial charge in [-0.05, 0) is 42.3 Å². The fourth-order valence-electron chi connectivity index (χ4n) is 2.09. The Hall–Kier alpha value is -2.63. The summed E-state index contributed by atoms with van der Waals surface area (Å²) in [5, 5.41) is 2.98. The molecule has 0 bridgehead atoms. The first-order valence-electron chi connectivity index (χ1n) is 6.45. The van der Waals surface area contributed by atoms with Gasteiger partial charge < -0.3 is 15.5 Å². The molecule has 0 aliphatic heterocycles. The Balaban J connectivity index is 1.66. The number of benzene rings is 2. The fourth-order valence-corrected chi connectivity index (χ4v) is 2.09. The van der Waals surface area contributed by atoms with E-state index in [0.717, 1.165) is 6.07 Å². The van der Waals surface area contributed by atoms with Crippen LogP contribution in [-0.4, -0.2) is 11.5 Å². The Morgan fingerprint density at radius 3 is 2.62 bits per heavy atom. The van der Waals surface area contributed by atoms with Crippen LogP contribution in [0.5, 0.6) is 0 Å². The largest absolute Gasteiger partial charge is 0.424 e. The van der Waals surface area contributed by atoms with E-state index >= 15 is 0 Å². The Kier molecular flexibility index (Phi) is 3.43. The number of hydrogen-bond donors (Lipinski definition) is 2. The zero-order valence-electron chi connectivity index (χ0n) is 11.1. The van der Waals surface area contributed by atoms with Gasteiger partial charge in [-0.3, -0.25) is 0 Å². The highest BCUT2D eigenvalue weighted by molar-refractivity contribution is 5.78. The Morgan fingerprint density at radius 1 is 1.10 bits per heavy atom. The van der Waals surface area contributed by atoms with E-state index in [-0.39, 0.29) is 0 Å². The second-order valence-corrected chi connectivity index (χ2v) is 4.70. The highest BCUT2D eigenvalue weighted by Gasteiger charge is 2.06. The lowest BCUT2D eigenvalue weighted by Crippen LogP contribution is -2.05. The number of anilines is 2. The first-order chi connectivity index (χ1) is 10.1. The SMILES string of the molecule is Nc1ccc2oc(NCCc3cc(F)cc(F)c3)nc2c1. The van der Waals surface area contributed by atoms with Crippen LogP contribution in [0.2, 0.25) is 0 Å². The molecule has 0 spiro atoms. The lowest BCUT2D eigenvalue weighted by molar-refractivity contribution is 0.579. The number of halogens is 2. The minimum Gasteiger partial charge on any atom is -0.424 e. The summed E-state index contributed by atoms with van der Waals surface area (Å²) in [5.41, 5.74) is 8.13. The van der Waals surface area contributed by atoms with Gasteiger partial charge in [-0.15, -0.1) is 0 Å². The Morgan fingerprint density at radius 2 is 1.86 bits per heavy atom. The van der Waals surface area contributed by atoms with Gasteiger partial charge >= 0.3 is 0 Å². The summed E-state index contributed by atoms with van der Waals surface area (Å²) in [6.45, 7) is 0.450. The molecule has 1 aromatic heterocycles. The average Bonchev–Trinajstić information content (AvgIpc) is 2.79. The number of oxazole rings is 1. The number of nitrogens with two attached hydrogens (primary N) is 1. The summed E-state index contributed by atoms with van der Waals surface area (Å²) >= 11 is 0. The van der Waals surface area contributed by atoms with Crippen LogP contribution in [0.3, 0.4) is 0 Å². The van der Waals surface area contributed by atoms with Gasteiger partial charge in [0.2, 0.25) is 0 Å². The lowest BCUT2D eigenvalue weighted by Gasteiger charge is -2.03. The normalized spacial score (nSPS) is 11.0. The van der Waals surface area contributed by atoms with E-state index in [1.54, 1.807) is 18.2 Å². The van der Waals surface area contributed by atoms with Crippen molar-refractivity contribution in [1.82, 2.24) is 4.98 Å². The smallest absolute Gasteiger partial charge is 0.295 e. The van der Waals surface area contributed by atoms with E-state index in [1.165, 1.54) is 12.1 Å². The van der Waals surface area contributed by atoms with Crippen LogP contribution >= 0.6 is 0 Å². The van der Waals surface area contributed by atoms with Crippen molar-refractivity contribution < 1.29 is 13.2 Å². The van der Waals surface area contributed by atoms with E-state index in [4.69, 9.17) is 10.2 Å². The van der Waals surface area contributed by atoms with Crippen molar-refractivity contribution in [3.8, 4) is 0 Å². The molecule has 1 heterocycles. The molecule has 6 heteroatoms. The van der Waals surface area contributed by atoms with Gasteiger partial charge in [0.15, 0.2) is 5.58 Å². The average molecular weight is 289 g/mol. The van der Waals surface area contributed by atoms with Crippen LogP contribution in [-0.2, 0) is 6.42 Å². The number of aromatic nitrogens is 1. The molecular weight excluding hydrogens is 276 g/mol. The highest BCUT2D eigenvalue weighted by atomic mass is 19.1. The van der Waals surface area contributed by atoms with Crippen LogP contribution in [0.1, 0.15) is 5.56 Å². The zero-order valence-corrected chi connectivity index (χ0v) is 11.1. The van der Waals surface area contributed by atoms with Gasteiger partial charge in [0.05, 0.1) is 0 Å². The molecule has 3 N–H and O–H groups in total. The molecule has 0 saturated heterocycles. The third-order valence-corrected chi connectivity index (χ3v) is 3.02. The molecular formula is C15H13F2N3O. The number of nitrogens with zero attached hydrogens (tertiary/aromatic N) is 1. The summed E-state index contributed by atoms with van der Waals surface area (Å²) < 4.78 is 31.6. The number of fused-ring (bicyclic) bond motifs is 1. The van der Waals surface area contributed by atoms with Crippen LogP contribution in [0.15, 0.2) is 40.8 Å². The molecule has 108 valence electrons. The van der Waals surface area contributed by atoms with Gasteiger partial charge in [0.1, 0.15) is 17.2 Å². The van der Waals surface area contributed by atoms with Gasteiger partial charge in [0, 0.05) is 18.3 Å². The summed E-state index contributed by atoms with van der Waals surface area (Å²) in [4.78, 5) is 4.23. The van der Waals surface area contributed by atoms with Crippen LogP contribution in [0.4, 0.5) is 20.5 Å². The predicted molar refractivity (Wildman–Crippen MR) is 77.0 cm³/mol. The minimum atomic E-state index is -0.581. The molecule has 0 saturated carbocycles. The Bertz CT molecular complexity index is 765. The maximum absolute atomic E-state index is 13.1. The van der Waals surface area contributed by atoms with Gasteiger partial charge in [-0.25, -0.2) is 8.78 Å². The molecule has 0 atom stereocenters. The predicted octanol–water partition coefficient (Wildman–Crippen LogP) is 3.34. The Labute approximate surface area is 119 Å². The standard InChI is InChI=1S/C15H13F2N3O/c16-10-5-9(6-11(17)7-10)3-4-19-15-20-13-8-12(18)1-2-14(13)21-15/h1-2,5-8H,3-4,18H2,(H,19,20). The van der Waals surface area contributed by atoms with Gasteiger partial charge in [-0.1, -0.05) is 0 Å². The molecule has 0 aliphatic rings. The summed E-state index contributed by atoms with van der Waals surface area (Å²) in [6.07, 6.45) is 0.454. The molecule has 21 heavy (non-hydrogen) atoms. The zero-order chi connectivity index (χ0) is 14.8. The molecule has 3 aromatic rings. The maximum Gasteiger partial charge on any atom is 0.295 e. The van der Waals surface area contributed by atoms with E-state index < -0.39 is 11.6 Å². The number of rotatable bonds is 4. The molecule has 0 radical (unpaired) electrons. The van der Waals surface area contributed by atoms with Crippen molar-refractivity contribution >= 4 is 22.8 Å². The molecule has 4 nitrogen and oxygen atoms in total. The van der Waals surface area contributed by atoms with E-state index in [2.05, 4.69) is 10.3 Å². The molecule has 0 aliphatic carbocycles. The van der Waals surface area contributed by atoms with E-state index in [9.17, 15) is 8.78 Å². The van der Waals surface area contributed by atoms with Crippen molar-refractivity contribution in [2.75, 3.05) is 17.6 Å². The van der Waals surface area contributed by atoms with Gasteiger partial charge in [0.25, 0.3) is 6.01 Å². The van der Waals surface area contributed by atoms with Crippen molar-refractivity contribution in [1.29, 1.82) is 0 Å². The van der Waals surface area contributed by atoms with Crippen molar-refractivity contribution in [2.24, 2.45) is 0 Å². The second-order valence-electron chi connectivity index (χ2n) is 4.70. The quantitative estimate of drug-likeness (QED) is 0.723. The summed E-state index contributed by atoms with van der Waals surface area (Å²) in [6, 6.07) is 8.99. The number of nitrogens with one attached hydrogen (secondary N) is 1. The summed E-state index contributed by atoms with van der Waals surface area (Å²) in [7, 11) is 0. The van der Waals surface area contributed by atoms with Crippen molar-refractivity contribution in [2.45, 2.75) is 6.42 Å². The second kappa shape index (κ2) is 5.40. The maximum atomic E-state index is 13.1. The third kappa shape index (κ3) is 3.10. The fraction of sp³-hybridized carbons (Fsp3) is 0.133. The lowest BCUT2D eigenvalue weighted by atomic mass is 10.1. The molecule has 2 aromatic carbocycles. The van der Waals surface area contributed by atoms with Crippen LogP contribution in [0.25, 0.3) is 11.1 Å². The number of hydrogen-bond acceptors (Lipinski definition) is 4. The van der Waals surface area contributed by atoms with Crippen molar-refractivity contribution in [3.63, 3.8) is 0 Å². The third-order valence-electron chi connectivity index (χ3n) is 3.02. The molecule has 0 fully saturated rings. The minimum absolute atomic E-state index is 0.354. The summed E-state index contributed by atoms with van der Waals surface area (Å²) in [5.74, 6) is -1.16. The van der Waals surface area contributed by atoms with Crippen LogP contribution in [0, 0.1) is 11.6 Å². The first-order valence-corrected chi connectivity index (χ1v) is 6.45. The first kappa shape index (κ1) is 13.4. The number of nitrogen functional groups attached to an aromatic ring is 1. The molecule has 3 rings (SSSR count).